The summed E-state index contributed by atoms with van der Waals surface area (Å²) in [4.78, 5) is 5.54. The van der Waals surface area contributed by atoms with Crippen LogP contribution in [0.5, 0.6) is 0 Å². The fraction of sp³-hybridized carbons (Fsp3) is 0.714. The van der Waals surface area contributed by atoms with Gasteiger partial charge in [-0.3, -0.25) is 0 Å². The van der Waals surface area contributed by atoms with E-state index in [0.29, 0.717) is 6.04 Å². The lowest BCUT2D eigenvalue weighted by Crippen LogP contribution is -2.38. The standard InChI is InChI=1S/C14H24N2S2/c1-3-13-4-5-14(18-13)12(2)15-6-7-16-8-10-17-11-9-16/h4-5,12,15H,3,6-11H2,1-2H3. The maximum Gasteiger partial charge on any atom is 0.0386 e. The number of aryl methyl sites for hydroxylation is 1. The molecule has 1 aromatic heterocycles. The first kappa shape index (κ1) is 14.4. The van der Waals surface area contributed by atoms with E-state index >= 15 is 0 Å². The Morgan fingerprint density at radius 1 is 1.33 bits per heavy atom. The summed E-state index contributed by atoms with van der Waals surface area (Å²) in [5.41, 5.74) is 0. The largest absolute Gasteiger partial charge is 0.308 e. The van der Waals surface area contributed by atoms with Gasteiger partial charge in [-0.2, -0.15) is 11.8 Å². The quantitative estimate of drug-likeness (QED) is 0.864. The number of hydrogen-bond acceptors (Lipinski definition) is 4. The molecule has 1 saturated heterocycles. The molecule has 1 aliphatic rings. The first-order valence-electron chi connectivity index (χ1n) is 6.91. The molecule has 1 unspecified atom stereocenters. The minimum Gasteiger partial charge on any atom is -0.308 e. The summed E-state index contributed by atoms with van der Waals surface area (Å²) < 4.78 is 0. The molecular formula is C14H24N2S2. The lowest BCUT2D eigenvalue weighted by Gasteiger charge is -2.26. The van der Waals surface area contributed by atoms with Crippen molar-refractivity contribution < 1.29 is 0 Å². The van der Waals surface area contributed by atoms with E-state index in [2.05, 4.69) is 48.0 Å². The zero-order valence-corrected chi connectivity index (χ0v) is 13.1. The molecule has 1 fully saturated rings. The number of nitrogens with zero attached hydrogens (tertiary/aromatic N) is 1. The Balaban J connectivity index is 1.69. The summed E-state index contributed by atoms with van der Waals surface area (Å²) in [6, 6.07) is 5.04. The van der Waals surface area contributed by atoms with Crippen LogP contribution in [-0.2, 0) is 6.42 Å². The molecule has 4 heteroatoms. The molecule has 0 aliphatic carbocycles. The fourth-order valence-electron chi connectivity index (χ4n) is 2.18. The SMILES string of the molecule is CCc1ccc(C(C)NCCN2CCSCC2)s1. The molecule has 2 rings (SSSR count). The van der Waals surface area contributed by atoms with Crippen LogP contribution in [0.15, 0.2) is 12.1 Å². The minimum absolute atomic E-state index is 0.495. The van der Waals surface area contributed by atoms with Gasteiger partial charge < -0.3 is 10.2 Å². The number of thioether (sulfide) groups is 1. The van der Waals surface area contributed by atoms with Crippen molar-refractivity contribution in [3.05, 3.63) is 21.9 Å². The molecule has 0 amide bonds. The van der Waals surface area contributed by atoms with Crippen LogP contribution in [-0.4, -0.2) is 42.6 Å². The fourth-order valence-corrected chi connectivity index (χ4v) is 4.14. The molecule has 0 radical (unpaired) electrons. The van der Waals surface area contributed by atoms with Gasteiger partial charge in [0.15, 0.2) is 0 Å². The molecule has 0 bridgehead atoms. The van der Waals surface area contributed by atoms with E-state index in [1.165, 1.54) is 40.9 Å². The topological polar surface area (TPSA) is 15.3 Å². The first-order chi connectivity index (χ1) is 8.79. The van der Waals surface area contributed by atoms with Crippen molar-refractivity contribution in [2.45, 2.75) is 26.3 Å². The van der Waals surface area contributed by atoms with E-state index in [-0.39, 0.29) is 0 Å². The number of thiophene rings is 1. The van der Waals surface area contributed by atoms with Gasteiger partial charge in [0.05, 0.1) is 0 Å². The second kappa shape index (κ2) is 7.53. The molecule has 102 valence electrons. The lowest BCUT2D eigenvalue weighted by atomic mass is 10.2. The zero-order chi connectivity index (χ0) is 12.8. The van der Waals surface area contributed by atoms with E-state index < -0.39 is 0 Å². The highest BCUT2D eigenvalue weighted by molar-refractivity contribution is 7.99. The van der Waals surface area contributed by atoms with E-state index in [0.717, 1.165) is 13.0 Å². The van der Waals surface area contributed by atoms with Crippen molar-refractivity contribution in [3.8, 4) is 0 Å². The Morgan fingerprint density at radius 3 is 2.78 bits per heavy atom. The smallest absolute Gasteiger partial charge is 0.0386 e. The predicted octanol–water partition coefficient (Wildman–Crippen LogP) is 3.01. The van der Waals surface area contributed by atoms with Gasteiger partial charge in [-0.1, -0.05) is 6.92 Å². The van der Waals surface area contributed by atoms with Gasteiger partial charge in [0, 0.05) is 53.5 Å². The Bertz CT molecular complexity index is 345. The Labute approximate surface area is 119 Å². The number of hydrogen-bond donors (Lipinski definition) is 1. The van der Waals surface area contributed by atoms with Crippen molar-refractivity contribution >= 4 is 23.1 Å². The molecule has 1 atom stereocenters. The van der Waals surface area contributed by atoms with Gasteiger partial charge in [-0.15, -0.1) is 11.3 Å². The molecule has 2 heterocycles. The summed E-state index contributed by atoms with van der Waals surface area (Å²) in [7, 11) is 0. The van der Waals surface area contributed by atoms with Crippen molar-refractivity contribution in [1.82, 2.24) is 10.2 Å². The van der Waals surface area contributed by atoms with Gasteiger partial charge in [-0.25, -0.2) is 0 Å². The van der Waals surface area contributed by atoms with Crippen LogP contribution in [0.4, 0.5) is 0 Å². The average Bonchev–Trinajstić information content (AvgIpc) is 2.89. The molecule has 2 nitrogen and oxygen atoms in total. The van der Waals surface area contributed by atoms with Gasteiger partial charge in [0.1, 0.15) is 0 Å². The zero-order valence-electron chi connectivity index (χ0n) is 11.4. The first-order valence-corrected chi connectivity index (χ1v) is 8.89. The van der Waals surface area contributed by atoms with Crippen LogP contribution >= 0.6 is 23.1 Å². The lowest BCUT2D eigenvalue weighted by molar-refractivity contribution is 0.297. The molecule has 1 N–H and O–H groups in total. The minimum atomic E-state index is 0.495. The highest BCUT2D eigenvalue weighted by Crippen LogP contribution is 2.23. The summed E-state index contributed by atoms with van der Waals surface area (Å²) in [6.45, 7) is 9.32. The Kier molecular flexibility index (Phi) is 6.02. The summed E-state index contributed by atoms with van der Waals surface area (Å²) in [5, 5.41) is 3.65. The molecule has 1 aliphatic heterocycles. The van der Waals surface area contributed by atoms with Crippen molar-refractivity contribution in [1.29, 1.82) is 0 Å². The summed E-state index contributed by atoms with van der Waals surface area (Å²) in [5.74, 6) is 2.61. The van der Waals surface area contributed by atoms with Gasteiger partial charge in [0.2, 0.25) is 0 Å². The monoisotopic (exact) mass is 284 g/mol. The van der Waals surface area contributed by atoms with Crippen molar-refractivity contribution in [2.75, 3.05) is 37.7 Å². The van der Waals surface area contributed by atoms with Crippen LogP contribution in [0.1, 0.15) is 29.6 Å². The van der Waals surface area contributed by atoms with Crippen LogP contribution in [0.2, 0.25) is 0 Å². The second-order valence-corrected chi connectivity index (χ2v) is 7.21. The maximum atomic E-state index is 3.65. The second-order valence-electron chi connectivity index (χ2n) is 4.79. The van der Waals surface area contributed by atoms with Crippen molar-refractivity contribution in [2.24, 2.45) is 0 Å². The third kappa shape index (κ3) is 4.26. The number of nitrogens with one attached hydrogen (secondary N) is 1. The molecule has 0 spiro atoms. The summed E-state index contributed by atoms with van der Waals surface area (Å²) >= 11 is 4.03. The molecule has 1 aromatic rings. The van der Waals surface area contributed by atoms with Crippen LogP contribution < -0.4 is 5.32 Å². The van der Waals surface area contributed by atoms with E-state index in [1.807, 2.05) is 11.3 Å². The highest BCUT2D eigenvalue weighted by atomic mass is 32.2. The van der Waals surface area contributed by atoms with Gasteiger partial charge >= 0.3 is 0 Å². The maximum absolute atomic E-state index is 3.65. The highest BCUT2D eigenvalue weighted by Gasteiger charge is 2.11. The van der Waals surface area contributed by atoms with Crippen LogP contribution in [0.3, 0.4) is 0 Å². The summed E-state index contributed by atoms with van der Waals surface area (Å²) in [6.07, 6.45) is 1.16. The normalized spacial score (nSPS) is 19.0. The number of rotatable bonds is 6. The van der Waals surface area contributed by atoms with Gasteiger partial charge in [0.25, 0.3) is 0 Å². The third-order valence-corrected chi connectivity index (χ3v) is 5.79. The predicted molar refractivity (Wildman–Crippen MR) is 83.9 cm³/mol. The average molecular weight is 284 g/mol. The van der Waals surface area contributed by atoms with E-state index in [1.54, 1.807) is 0 Å². The van der Waals surface area contributed by atoms with Gasteiger partial charge in [-0.05, 0) is 25.5 Å². The van der Waals surface area contributed by atoms with Crippen molar-refractivity contribution in [3.63, 3.8) is 0 Å². The molecule has 0 saturated carbocycles. The van der Waals surface area contributed by atoms with Crippen LogP contribution in [0.25, 0.3) is 0 Å². The van der Waals surface area contributed by atoms with Crippen LogP contribution in [0, 0.1) is 0 Å². The van der Waals surface area contributed by atoms with E-state index in [9.17, 15) is 0 Å². The Morgan fingerprint density at radius 2 is 2.11 bits per heavy atom. The third-order valence-electron chi connectivity index (χ3n) is 3.44. The Hall–Kier alpha value is -0.0300. The van der Waals surface area contributed by atoms with E-state index in [4.69, 9.17) is 0 Å². The molecule has 0 aromatic carbocycles. The molecule has 18 heavy (non-hydrogen) atoms. The molecular weight excluding hydrogens is 260 g/mol.